The second-order valence-electron chi connectivity index (χ2n) is 12.6. The average molecular weight is 710 g/mol. The van der Waals surface area contributed by atoms with Crippen molar-refractivity contribution in [1.82, 2.24) is 10.5 Å². The standard InChI is InChI=1S/C40H43N3O9/c1-24-6-9-33-31(14-24)40(48)42-39(41-33)26-8-10-35(30(15-26)22-46)50-12-4-3-5-13-51-38-18-25(7-11-36(38)49-2)37-19-34(43-52-37)27-16-28(20-44)32(23-47)29(17-27)21-45/h6-11,14-19,39,41,44-47H,3-5,12-13,20-23H2,1-2H3,(H,42,48). The molecule has 1 aliphatic heterocycles. The van der Waals surface area contributed by atoms with Crippen molar-refractivity contribution < 1.29 is 44.0 Å². The summed E-state index contributed by atoms with van der Waals surface area (Å²) in [6, 6.07) is 21.9. The summed E-state index contributed by atoms with van der Waals surface area (Å²) in [5.41, 5.74) is 7.25. The van der Waals surface area contributed by atoms with Gasteiger partial charge >= 0.3 is 0 Å². The summed E-state index contributed by atoms with van der Waals surface area (Å²) >= 11 is 0. The first kappa shape index (κ1) is 36.4. The van der Waals surface area contributed by atoms with Crippen molar-refractivity contribution in [3.05, 3.63) is 112 Å². The third-order valence-corrected chi connectivity index (χ3v) is 9.07. The number of unbranched alkanes of at least 4 members (excludes halogenated alkanes) is 2. The Balaban J connectivity index is 1.01. The number of fused-ring (bicyclic) bond motifs is 1. The maximum absolute atomic E-state index is 12.7. The van der Waals surface area contributed by atoms with Crippen LogP contribution in [0.3, 0.4) is 0 Å². The molecule has 1 aromatic heterocycles. The predicted octanol–water partition coefficient (Wildman–Crippen LogP) is 5.78. The van der Waals surface area contributed by atoms with E-state index in [0.717, 1.165) is 41.6 Å². The zero-order valence-corrected chi connectivity index (χ0v) is 29.1. The van der Waals surface area contributed by atoms with E-state index in [-0.39, 0.29) is 32.3 Å². The van der Waals surface area contributed by atoms with Crippen molar-refractivity contribution in [2.75, 3.05) is 25.6 Å². The molecule has 1 aliphatic rings. The number of benzene rings is 4. The number of aromatic nitrogens is 1. The molecule has 2 heterocycles. The molecule has 0 fully saturated rings. The molecule has 0 saturated carbocycles. The number of carbonyl (C=O) groups is 1. The minimum atomic E-state index is -0.424. The molecule has 1 unspecified atom stereocenters. The number of hydrogen-bond acceptors (Lipinski definition) is 11. The highest BCUT2D eigenvalue weighted by molar-refractivity contribution is 6.01. The molecule has 52 heavy (non-hydrogen) atoms. The maximum Gasteiger partial charge on any atom is 0.255 e. The number of carbonyl (C=O) groups excluding carboxylic acids is 1. The Kier molecular flexibility index (Phi) is 11.7. The van der Waals surface area contributed by atoms with Crippen LogP contribution in [0.1, 0.15) is 69.2 Å². The lowest BCUT2D eigenvalue weighted by atomic mass is 9.97. The molecular weight excluding hydrogens is 666 g/mol. The number of anilines is 1. The highest BCUT2D eigenvalue weighted by Crippen LogP contribution is 2.35. The Hall–Kier alpha value is -5.40. The monoisotopic (exact) mass is 709 g/mol. The lowest BCUT2D eigenvalue weighted by Crippen LogP contribution is -2.38. The third kappa shape index (κ3) is 8.05. The lowest BCUT2D eigenvalue weighted by Gasteiger charge is -2.29. The fourth-order valence-corrected chi connectivity index (χ4v) is 6.25. The zero-order valence-electron chi connectivity index (χ0n) is 29.1. The van der Waals surface area contributed by atoms with E-state index in [4.69, 9.17) is 18.7 Å². The zero-order chi connectivity index (χ0) is 36.6. The summed E-state index contributed by atoms with van der Waals surface area (Å²) in [7, 11) is 1.58. The van der Waals surface area contributed by atoms with Crippen molar-refractivity contribution >= 4 is 11.6 Å². The maximum atomic E-state index is 12.7. The normalized spacial score (nSPS) is 13.7. The number of nitrogens with zero attached hydrogens (tertiary/aromatic N) is 1. The molecule has 4 aromatic carbocycles. The average Bonchev–Trinajstić information content (AvgIpc) is 3.67. The Morgan fingerprint density at radius 2 is 1.42 bits per heavy atom. The molecule has 12 heteroatoms. The van der Waals surface area contributed by atoms with Gasteiger partial charge in [0.05, 0.1) is 52.3 Å². The van der Waals surface area contributed by atoms with E-state index < -0.39 is 6.17 Å². The largest absolute Gasteiger partial charge is 0.493 e. The number of methoxy groups -OCH3 is 1. The second kappa shape index (κ2) is 16.7. The lowest BCUT2D eigenvalue weighted by molar-refractivity contribution is 0.0935. The molecule has 272 valence electrons. The van der Waals surface area contributed by atoms with E-state index >= 15 is 0 Å². The number of ether oxygens (including phenoxy) is 3. The SMILES string of the molecule is COc1ccc(-c2cc(-c3cc(CO)c(CO)c(CO)c3)no2)cc1OCCCCCOc1ccc(C2NC(=O)c3cc(C)ccc3N2)cc1CO. The fourth-order valence-electron chi connectivity index (χ4n) is 6.25. The smallest absolute Gasteiger partial charge is 0.255 e. The van der Waals surface area contributed by atoms with Crippen molar-refractivity contribution in [1.29, 1.82) is 0 Å². The number of amides is 1. The van der Waals surface area contributed by atoms with Gasteiger partial charge in [-0.3, -0.25) is 4.79 Å². The third-order valence-electron chi connectivity index (χ3n) is 9.07. The van der Waals surface area contributed by atoms with Crippen LogP contribution in [0.5, 0.6) is 17.2 Å². The van der Waals surface area contributed by atoms with Crippen LogP contribution in [0.25, 0.3) is 22.6 Å². The molecule has 0 spiro atoms. The second-order valence-corrected chi connectivity index (χ2v) is 12.6. The Bertz CT molecular complexity index is 2000. The first-order chi connectivity index (χ1) is 25.3. The summed E-state index contributed by atoms with van der Waals surface area (Å²) in [5, 5.41) is 49.9. The topological polar surface area (TPSA) is 176 Å². The minimum Gasteiger partial charge on any atom is -0.493 e. The summed E-state index contributed by atoms with van der Waals surface area (Å²) in [6.07, 6.45) is 1.97. The van der Waals surface area contributed by atoms with Gasteiger partial charge in [-0.1, -0.05) is 22.9 Å². The molecule has 0 bridgehead atoms. The van der Waals surface area contributed by atoms with Crippen LogP contribution in [-0.2, 0) is 26.4 Å². The Morgan fingerprint density at radius 1 is 0.712 bits per heavy atom. The summed E-state index contributed by atoms with van der Waals surface area (Å²) < 4.78 is 23.3. The molecule has 6 rings (SSSR count). The van der Waals surface area contributed by atoms with E-state index in [1.165, 1.54) is 0 Å². The van der Waals surface area contributed by atoms with Gasteiger partial charge in [0.2, 0.25) is 0 Å². The number of rotatable bonds is 16. The van der Waals surface area contributed by atoms with Crippen LogP contribution in [0, 0.1) is 6.92 Å². The van der Waals surface area contributed by atoms with Crippen LogP contribution in [-0.4, -0.2) is 51.8 Å². The van der Waals surface area contributed by atoms with Crippen LogP contribution in [0.4, 0.5) is 5.69 Å². The van der Waals surface area contributed by atoms with Gasteiger partial charge in [-0.05, 0) is 103 Å². The van der Waals surface area contributed by atoms with Gasteiger partial charge < -0.3 is 49.8 Å². The Morgan fingerprint density at radius 3 is 2.12 bits per heavy atom. The van der Waals surface area contributed by atoms with Crippen LogP contribution < -0.4 is 24.8 Å². The van der Waals surface area contributed by atoms with Crippen molar-refractivity contribution in [2.45, 2.75) is 58.8 Å². The Labute approximate surface area is 301 Å². The highest BCUT2D eigenvalue weighted by atomic mass is 16.5. The predicted molar refractivity (Wildman–Crippen MR) is 194 cm³/mol. The fraction of sp³-hybridized carbons (Fsp3) is 0.300. The summed E-state index contributed by atoms with van der Waals surface area (Å²) in [5.74, 6) is 2.09. The van der Waals surface area contributed by atoms with Gasteiger partial charge in [-0.15, -0.1) is 0 Å². The van der Waals surface area contributed by atoms with E-state index in [9.17, 15) is 25.2 Å². The molecule has 1 amide bonds. The van der Waals surface area contributed by atoms with Gasteiger partial charge in [-0.25, -0.2) is 0 Å². The first-order valence-electron chi connectivity index (χ1n) is 17.2. The molecule has 0 aliphatic carbocycles. The molecule has 12 nitrogen and oxygen atoms in total. The number of aliphatic hydroxyl groups excluding tert-OH is 4. The number of hydrogen-bond donors (Lipinski definition) is 6. The van der Waals surface area contributed by atoms with E-state index in [2.05, 4.69) is 15.8 Å². The molecule has 0 saturated heterocycles. The van der Waals surface area contributed by atoms with Crippen LogP contribution in [0.2, 0.25) is 0 Å². The number of aliphatic hydroxyl groups is 4. The first-order valence-corrected chi connectivity index (χ1v) is 17.2. The molecule has 6 N–H and O–H groups in total. The van der Waals surface area contributed by atoms with Gasteiger partial charge in [0, 0.05) is 28.4 Å². The van der Waals surface area contributed by atoms with Gasteiger partial charge in [0.15, 0.2) is 17.3 Å². The van der Waals surface area contributed by atoms with Crippen molar-refractivity contribution in [2.24, 2.45) is 0 Å². The molecule has 1 atom stereocenters. The van der Waals surface area contributed by atoms with Gasteiger partial charge in [-0.2, -0.15) is 0 Å². The highest BCUT2D eigenvalue weighted by Gasteiger charge is 2.25. The van der Waals surface area contributed by atoms with Crippen molar-refractivity contribution in [3.63, 3.8) is 0 Å². The van der Waals surface area contributed by atoms with Crippen LogP contribution >= 0.6 is 0 Å². The molecule has 0 radical (unpaired) electrons. The number of nitrogens with one attached hydrogen (secondary N) is 2. The summed E-state index contributed by atoms with van der Waals surface area (Å²) in [6.45, 7) is 1.79. The quantitative estimate of drug-likeness (QED) is 0.0686. The number of aryl methyl sites for hydroxylation is 1. The van der Waals surface area contributed by atoms with Crippen molar-refractivity contribution in [3.8, 4) is 39.8 Å². The van der Waals surface area contributed by atoms with Gasteiger partial charge in [0.1, 0.15) is 17.6 Å². The minimum absolute atomic E-state index is 0.147. The van der Waals surface area contributed by atoms with E-state index in [1.807, 2.05) is 55.5 Å². The van der Waals surface area contributed by atoms with E-state index in [0.29, 0.717) is 75.3 Å². The molecular formula is C40H43N3O9. The molecule has 5 aromatic rings. The van der Waals surface area contributed by atoms with Crippen LogP contribution in [0.15, 0.2) is 77.3 Å². The van der Waals surface area contributed by atoms with E-state index in [1.54, 1.807) is 31.4 Å². The van der Waals surface area contributed by atoms with Gasteiger partial charge in [0.25, 0.3) is 5.91 Å². The summed E-state index contributed by atoms with van der Waals surface area (Å²) in [4.78, 5) is 12.7.